The minimum Gasteiger partial charge on any atom is -0.393 e. The molecule has 3 aromatic rings. The minimum absolute atomic E-state index is 0.374. The molecule has 0 aliphatic heterocycles. The van der Waals surface area contributed by atoms with Crippen molar-refractivity contribution >= 4 is 27.1 Å². The van der Waals surface area contributed by atoms with Gasteiger partial charge in [0.25, 0.3) is 0 Å². The zero-order valence-corrected chi connectivity index (χ0v) is 12.6. The Labute approximate surface area is 125 Å². The number of nitrogens with zero attached hydrogens (tertiary/aromatic N) is 3. The van der Waals surface area contributed by atoms with Crippen LogP contribution in [0.25, 0.3) is 16.9 Å². The lowest BCUT2D eigenvalue weighted by atomic mass is 10.1. The Balaban J connectivity index is 2.06. The van der Waals surface area contributed by atoms with Gasteiger partial charge in [0.05, 0.1) is 6.10 Å². The molecule has 20 heavy (non-hydrogen) atoms. The molecule has 0 saturated carbocycles. The van der Waals surface area contributed by atoms with E-state index in [0.29, 0.717) is 6.42 Å². The van der Waals surface area contributed by atoms with Gasteiger partial charge in [-0.25, -0.2) is 9.97 Å². The number of aliphatic hydroxyl groups excluding tert-OH is 1. The second-order valence-corrected chi connectivity index (χ2v) is 5.75. The molecular weight excluding hydrogens is 318 g/mol. The zero-order chi connectivity index (χ0) is 14.1. The highest BCUT2D eigenvalue weighted by Gasteiger charge is 2.08. The van der Waals surface area contributed by atoms with Crippen LogP contribution in [0.5, 0.6) is 0 Å². The fourth-order valence-electron chi connectivity index (χ4n) is 2.21. The van der Waals surface area contributed by atoms with E-state index in [1.807, 2.05) is 34.9 Å². The first-order valence-corrected chi connectivity index (χ1v) is 7.19. The molecule has 0 aliphatic rings. The average Bonchev–Trinajstić information content (AvgIpc) is 2.81. The van der Waals surface area contributed by atoms with Gasteiger partial charge in [-0.15, -0.1) is 0 Å². The molecule has 0 radical (unpaired) electrons. The minimum atomic E-state index is -0.374. The van der Waals surface area contributed by atoms with Gasteiger partial charge in [-0.1, -0.05) is 22.0 Å². The van der Waals surface area contributed by atoms with Crippen molar-refractivity contribution < 1.29 is 5.11 Å². The number of pyridine rings is 1. The van der Waals surface area contributed by atoms with Gasteiger partial charge in [0.2, 0.25) is 0 Å². The van der Waals surface area contributed by atoms with E-state index in [9.17, 15) is 5.11 Å². The molecule has 4 nitrogen and oxygen atoms in total. The number of rotatable bonds is 3. The summed E-state index contributed by atoms with van der Waals surface area (Å²) in [5.41, 5.74) is 3.66. The van der Waals surface area contributed by atoms with Crippen molar-refractivity contribution in [2.45, 2.75) is 19.4 Å². The Morgan fingerprint density at radius 3 is 2.90 bits per heavy atom. The quantitative estimate of drug-likeness (QED) is 0.802. The molecule has 0 amide bonds. The summed E-state index contributed by atoms with van der Waals surface area (Å²) in [6, 6.07) is 9.97. The van der Waals surface area contributed by atoms with Crippen LogP contribution in [0, 0.1) is 0 Å². The van der Waals surface area contributed by atoms with Crippen molar-refractivity contribution in [3.8, 4) is 5.69 Å². The van der Waals surface area contributed by atoms with Gasteiger partial charge >= 0.3 is 0 Å². The molecule has 1 aromatic carbocycles. The third-order valence-electron chi connectivity index (χ3n) is 3.06. The maximum atomic E-state index is 9.43. The van der Waals surface area contributed by atoms with Crippen molar-refractivity contribution in [1.29, 1.82) is 0 Å². The smallest absolute Gasteiger partial charge is 0.164 e. The standard InChI is InChI=1S/C15H14BrN3O/c1-10(20)5-11-6-14-15(17-8-11)19(9-18-14)13-4-2-3-12(16)7-13/h2-4,6-10,20H,5H2,1H3. The van der Waals surface area contributed by atoms with Gasteiger partial charge < -0.3 is 5.11 Å². The number of hydrogen-bond acceptors (Lipinski definition) is 3. The Morgan fingerprint density at radius 2 is 2.15 bits per heavy atom. The summed E-state index contributed by atoms with van der Waals surface area (Å²) in [5, 5.41) is 9.43. The summed E-state index contributed by atoms with van der Waals surface area (Å²) in [6.45, 7) is 1.77. The molecule has 0 saturated heterocycles. The van der Waals surface area contributed by atoms with Gasteiger partial charge in [-0.3, -0.25) is 4.57 Å². The van der Waals surface area contributed by atoms with E-state index in [1.165, 1.54) is 0 Å². The first-order chi connectivity index (χ1) is 9.63. The number of aliphatic hydroxyl groups is 1. The number of fused-ring (bicyclic) bond motifs is 1. The lowest BCUT2D eigenvalue weighted by Gasteiger charge is -2.06. The third-order valence-corrected chi connectivity index (χ3v) is 3.56. The van der Waals surface area contributed by atoms with Crippen LogP contribution in [-0.4, -0.2) is 25.7 Å². The maximum absolute atomic E-state index is 9.43. The third kappa shape index (κ3) is 2.59. The van der Waals surface area contributed by atoms with Crippen molar-refractivity contribution in [3.05, 3.63) is 52.9 Å². The Hall–Kier alpha value is -1.72. The summed E-state index contributed by atoms with van der Waals surface area (Å²) in [4.78, 5) is 8.87. The van der Waals surface area contributed by atoms with Crippen LogP contribution < -0.4 is 0 Å². The predicted molar refractivity (Wildman–Crippen MR) is 81.9 cm³/mol. The molecule has 1 N–H and O–H groups in total. The van der Waals surface area contributed by atoms with Crippen LogP contribution in [0.3, 0.4) is 0 Å². The highest BCUT2D eigenvalue weighted by molar-refractivity contribution is 9.10. The molecule has 3 rings (SSSR count). The van der Waals surface area contributed by atoms with Gasteiger partial charge in [0.15, 0.2) is 5.65 Å². The number of hydrogen-bond donors (Lipinski definition) is 1. The molecule has 1 atom stereocenters. The summed E-state index contributed by atoms with van der Waals surface area (Å²) in [7, 11) is 0. The van der Waals surface area contributed by atoms with Crippen LogP contribution in [0.15, 0.2) is 47.3 Å². The molecule has 0 aliphatic carbocycles. The van der Waals surface area contributed by atoms with E-state index in [1.54, 1.807) is 19.4 Å². The van der Waals surface area contributed by atoms with Crippen LogP contribution >= 0.6 is 15.9 Å². The van der Waals surface area contributed by atoms with Crippen molar-refractivity contribution in [1.82, 2.24) is 14.5 Å². The van der Waals surface area contributed by atoms with Crippen LogP contribution in [0.1, 0.15) is 12.5 Å². The van der Waals surface area contributed by atoms with Crippen molar-refractivity contribution in [3.63, 3.8) is 0 Å². The molecule has 102 valence electrons. The van der Waals surface area contributed by atoms with Gasteiger partial charge in [0, 0.05) is 16.4 Å². The van der Waals surface area contributed by atoms with Crippen LogP contribution in [0.4, 0.5) is 0 Å². The van der Waals surface area contributed by atoms with Gasteiger partial charge in [-0.2, -0.15) is 0 Å². The fourth-order valence-corrected chi connectivity index (χ4v) is 2.60. The molecule has 2 aromatic heterocycles. The van der Waals surface area contributed by atoms with E-state index < -0.39 is 0 Å². The molecule has 5 heteroatoms. The SMILES string of the molecule is CC(O)Cc1cnc2c(c1)ncn2-c1cccc(Br)c1. The van der Waals surface area contributed by atoms with Crippen LogP contribution in [0.2, 0.25) is 0 Å². The van der Waals surface area contributed by atoms with E-state index in [-0.39, 0.29) is 6.10 Å². The number of imidazole rings is 1. The summed E-state index contributed by atoms with van der Waals surface area (Å²) in [5.74, 6) is 0. The molecule has 0 spiro atoms. The predicted octanol–water partition coefficient (Wildman–Crippen LogP) is 3.11. The topological polar surface area (TPSA) is 50.9 Å². The van der Waals surface area contributed by atoms with E-state index in [2.05, 4.69) is 25.9 Å². The number of benzene rings is 1. The highest BCUT2D eigenvalue weighted by atomic mass is 79.9. The first kappa shape index (κ1) is 13.3. The lowest BCUT2D eigenvalue weighted by molar-refractivity contribution is 0.195. The van der Waals surface area contributed by atoms with Crippen molar-refractivity contribution in [2.75, 3.05) is 0 Å². The van der Waals surface area contributed by atoms with Crippen LogP contribution in [-0.2, 0) is 6.42 Å². The monoisotopic (exact) mass is 331 g/mol. The van der Waals surface area contributed by atoms with E-state index >= 15 is 0 Å². The van der Waals surface area contributed by atoms with E-state index in [0.717, 1.165) is 26.9 Å². The average molecular weight is 332 g/mol. The number of halogens is 1. The zero-order valence-electron chi connectivity index (χ0n) is 11.0. The Bertz CT molecular complexity index is 752. The van der Waals surface area contributed by atoms with Crippen molar-refractivity contribution in [2.24, 2.45) is 0 Å². The Morgan fingerprint density at radius 1 is 1.30 bits per heavy atom. The normalized spacial score (nSPS) is 12.8. The fraction of sp³-hybridized carbons (Fsp3) is 0.200. The second kappa shape index (κ2) is 5.34. The molecule has 1 unspecified atom stereocenters. The summed E-state index contributed by atoms with van der Waals surface area (Å²) in [6.07, 6.45) is 3.78. The largest absolute Gasteiger partial charge is 0.393 e. The molecule has 2 heterocycles. The first-order valence-electron chi connectivity index (χ1n) is 6.39. The molecular formula is C15H14BrN3O. The number of aromatic nitrogens is 3. The summed E-state index contributed by atoms with van der Waals surface area (Å²) >= 11 is 3.47. The summed E-state index contributed by atoms with van der Waals surface area (Å²) < 4.78 is 2.97. The molecule has 0 bridgehead atoms. The Kier molecular flexibility index (Phi) is 3.54. The highest BCUT2D eigenvalue weighted by Crippen LogP contribution is 2.20. The van der Waals surface area contributed by atoms with Gasteiger partial charge in [0.1, 0.15) is 11.8 Å². The second-order valence-electron chi connectivity index (χ2n) is 4.83. The van der Waals surface area contributed by atoms with Gasteiger partial charge in [-0.05, 0) is 43.2 Å². The molecule has 0 fully saturated rings. The van der Waals surface area contributed by atoms with E-state index in [4.69, 9.17) is 0 Å². The maximum Gasteiger partial charge on any atom is 0.164 e. The lowest BCUT2D eigenvalue weighted by Crippen LogP contribution is -2.04.